The maximum Gasteiger partial charge on any atom is 0.573 e. The molecular weight excluding hydrogens is 243 g/mol. The van der Waals surface area contributed by atoms with Crippen LogP contribution >= 0.6 is 11.6 Å². The topological polar surface area (TPSA) is 9.23 Å². The van der Waals surface area contributed by atoms with Crippen LogP contribution in [0.15, 0.2) is 18.2 Å². The Morgan fingerprint density at radius 1 is 1.20 bits per heavy atom. The largest absolute Gasteiger partial charge is 0.573 e. The zero-order valence-electron chi connectivity index (χ0n) is 6.99. The standard InChI is InChI=1S/C8H4ClF5O/c9-5-2-1-4(7(10)11)3-6(5)15-8(12,13)14/h1-3,7H. The van der Waals surface area contributed by atoms with E-state index in [2.05, 4.69) is 4.74 Å². The summed E-state index contributed by atoms with van der Waals surface area (Å²) in [6.45, 7) is 0. The van der Waals surface area contributed by atoms with Gasteiger partial charge in [0.2, 0.25) is 0 Å². The fraction of sp³-hybridized carbons (Fsp3) is 0.250. The number of halogens is 6. The molecule has 15 heavy (non-hydrogen) atoms. The Balaban J connectivity index is 3.01. The summed E-state index contributed by atoms with van der Waals surface area (Å²) in [6.07, 6.45) is -7.83. The molecule has 0 radical (unpaired) electrons. The first-order valence-corrected chi connectivity index (χ1v) is 4.01. The smallest absolute Gasteiger partial charge is 0.404 e. The lowest BCUT2D eigenvalue weighted by Crippen LogP contribution is -2.17. The van der Waals surface area contributed by atoms with Crippen LogP contribution in [0.1, 0.15) is 12.0 Å². The summed E-state index contributed by atoms with van der Waals surface area (Å²) in [4.78, 5) is 0. The SMILES string of the molecule is FC(F)c1ccc(Cl)c(OC(F)(F)F)c1. The quantitative estimate of drug-likeness (QED) is 0.712. The van der Waals surface area contributed by atoms with Crippen molar-refractivity contribution >= 4 is 11.6 Å². The summed E-state index contributed by atoms with van der Waals surface area (Å²) in [5, 5.41) is -0.378. The van der Waals surface area contributed by atoms with Crippen LogP contribution in [0.25, 0.3) is 0 Å². The fourth-order valence-electron chi connectivity index (χ4n) is 0.859. The van der Waals surface area contributed by atoms with Gasteiger partial charge in [-0.05, 0) is 12.1 Å². The molecule has 0 aliphatic rings. The van der Waals surface area contributed by atoms with Gasteiger partial charge in [0.25, 0.3) is 6.43 Å². The highest BCUT2D eigenvalue weighted by Gasteiger charge is 2.32. The summed E-state index contributed by atoms with van der Waals surface area (Å²) >= 11 is 5.34. The van der Waals surface area contributed by atoms with E-state index in [0.29, 0.717) is 6.07 Å². The molecule has 0 bridgehead atoms. The third kappa shape index (κ3) is 3.54. The van der Waals surface area contributed by atoms with E-state index in [1.54, 1.807) is 0 Å². The van der Waals surface area contributed by atoms with Gasteiger partial charge in [0, 0.05) is 5.56 Å². The number of alkyl halides is 5. The van der Waals surface area contributed by atoms with E-state index >= 15 is 0 Å². The van der Waals surface area contributed by atoms with Gasteiger partial charge in [-0.3, -0.25) is 0 Å². The van der Waals surface area contributed by atoms with Crippen molar-refractivity contribution in [3.8, 4) is 5.75 Å². The van der Waals surface area contributed by atoms with Gasteiger partial charge in [-0.25, -0.2) is 8.78 Å². The predicted molar refractivity (Wildman–Crippen MR) is 43.1 cm³/mol. The third-order valence-electron chi connectivity index (χ3n) is 1.43. The maximum absolute atomic E-state index is 12.1. The summed E-state index contributed by atoms with van der Waals surface area (Å²) < 4.78 is 63.1. The fourth-order valence-corrected chi connectivity index (χ4v) is 1.01. The zero-order valence-corrected chi connectivity index (χ0v) is 7.74. The average molecular weight is 247 g/mol. The van der Waals surface area contributed by atoms with Gasteiger partial charge in [-0.1, -0.05) is 17.7 Å². The normalized spacial score (nSPS) is 11.9. The molecule has 0 saturated carbocycles. The van der Waals surface area contributed by atoms with Gasteiger partial charge in [-0.15, -0.1) is 13.2 Å². The summed E-state index contributed by atoms with van der Waals surface area (Å²) in [6, 6.07) is 2.40. The molecule has 0 spiro atoms. The molecule has 0 unspecified atom stereocenters. The number of hydrogen-bond donors (Lipinski definition) is 0. The van der Waals surface area contributed by atoms with Crippen LogP contribution in [0.4, 0.5) is 22.0 Å². The number of hydrogen-bond acceptors (Lipinski definition) is 1. The molecule has 7 heteroatoms. The van der Waals surface area contributed by atoms with Crippen molar-refractivity contribution in [2.24, 2.45) is 0 Å². The first-order chi connectivity index (χ1) is 6.79. The van der Waals surface area contributed by atoms with Gasteiger partial charge < -0.3 is 4.74 Å². The minimum absolute atomic E-state index is 0.378. The van der Waals surface area contributed by atoms with Gasteiger partial charge in [0.05, 0.1) is 5.02 Å². The molecule has 0 aromatic heterocycles. The van der Waals surface area contributed by atoms with Crippen LogP contribution in [0.3, 0.4) is 0 Å². The van der Waals surface area contributed by atoms with E-state index < -0.39 is 24.1 Å². The van der Waals surface area contributed by atoms with Crippen molar-refractivity contribution in [3.63, 3.8) is 0 Å². The minimum Gasteiger partial charge on any atom is -0.404 e. The Morgan fingerprint density at radius 2 is 1.80 bits per heavy atom. The minimum atomic E-state index is -4.95. The second-order valence-electron chi connectivity index (χ2n) is 2.54. The van der Waals surface area contributed by atoms with Crippen LogP contribution in [-0.2, 0) is 0 Å². The molecule has 0 amide bonds. The van der Waals surface area contributed by atoms with Crippen molar-refractivity contribution in [3.05, 3.63) is 28.8 Å². The highest BCUT2D eigenvalue weighted by Crippen LogP contribution is 2.33. The second-order valence-corrected chi connectivity index (χ2v) is 2.95. The highest BCUT2D eigenvalue weighted by molar-refractivity contribution is 6.32. The lowest BCUT2D eigenvalue weighted by molar-refractivity contribution is -0.274. The number of rotatable bonds is 2. The van der Waals surface area contributed by atoms with Gasteiger partial charge in [0.15, 0.2) is 0 Å². The van der Waals surface area contributed by atoms with Gasteiger partial charge >= 0.3 is 6.36 Å². The summed E-state index contributed by atoms with van der Waals surface area (Å²) in [5.74, 6) is -0.832. The Hall–Kier alpha value is -1.04. The maximum atomic E-state index is 12.1. The average Bonchev–Trinajstić information content (AvgIpc) is 2.06. The van der Waals surface area contributed by atoms with E-state index in [1.807, 2.05) is 0 Å². The molecule has 0 fully saturated rings. The Kier molecular flexibility index (Phi) is 3.38. The molecule has 0 N–H and O–H groups in total. The van der Waals surface area contributed by atoms with E-state index in [4.69, 9.17) is 11.6 Å². The van der Waals surface area contributed by atoms with Crippen molar-refractivity contribution in [2.75, 3.05) is 0 Å². The molecule has 0 heterocycles. The van der Waals surface area contributed by atoms with Crippen molar-refractivity contribution < 1.29 is 26.7 Å². The lowest BCUT2D eigenvalue weighted by atomic mass is 10.2. The van der Waals surface area contributed by atoms with Crippen LogP contribution in [0.2, 0.25) is 5.02 Å². The van der Waals surface area contributed by atoms with Crippen LogP contribution < -0.4 is 4.74 Å². The van der Waals surface area contributed by atoms with Gasteiger partial charge in [-0.2, -0.15) is 0 Å². The monoisotopic (exact) mass is 246 g/mol. The Morgan fingerprint density at radius 3 is 2.27 bits per heavy atom. The van der Waals surface area contributed by atoms with Crippen molar-refractivity contribution in [1.29, 1.82) is 0 Å². The first-order valence-electron chi connectivity index (χ1n) is 3.63. The molecule has 0 aliphatic heterocycles. The predicted octanol–water partition coefficient (Wildman–Crippen LogP) is 4.18. The number of ether oxygens (including phenoxy) is 1. The molecule has 1 aromatic rings. The Bertz CT molecular complexity index is 349. The highest BCUT2D eigenvalue weighted by atomic mass is 35.5. The molecule has 0 aliphatic carbocycles. The van der Waals surface area contributed by atoms with Crippen molar-refractivity contribution in [1.82, 2.24) is 0 Å². The molecular formula is C8H4ClF5O. The molecule has 1 rings (SSSR count). The molecule has 0 atom stereocenters. The zero-order chi connectivity index (χ0) is 11.6. The molecule has 84 valence electrons. The molecule has 1 aromatic carbocycles. The first kappa shape index (κ1) is 12.0. The summed E-state index contributed by atoms with van der Waals surface area (Å²) in [7, 11) is 0. The van der Waals surface area contributed by atoms with E-state index in [0.717, 1.165) is 12.1 Å². The molecule has 0 saturated heterocycles. The van der Waals surface area contributed by atoms with E-state index in [1.165, 1.54) is 0 Å². The van der Waals surface area contributed by atoms with Crippen LogP contribution in [0.5, 0.6) is 5.75 Å². The van der Waals surface area contributed by atoms with E-state index in [9.17, 15) is 22.0 Å². The van der Waals surface area contributed by atoms with E-state index in [-0.39, 0.29) is 5.02 Å². The second kappa shape index (κ2) is 4.22. The Labute approximate surface area is 86.4 Å². The number of benzene rings is 1. The van der Waals surface area contributed by atoms with Crippen LogP contribution in [-0.4, -0.2) is 6.36 Å². The van der Waals surface area contributed by atoms with Crippen molar-refractivity contribution in [2.45, 2.75) is 12.8 Å². The van der Waals surface area contributed by atoms with Crippen LogP contribution in [0, 0.1) is 0 Å². The lowest BCUT2D eigenvalue weighted by Gasteiger charge is -2.11. The molecule has 1 nitrogen and oxygen atoms in total. The van der Waals surface area contributed by atoms with Gasteiger partial charge in [0.1, 0.15) is 5.75 Å². The summed E-state index contributed by atoms with van der Waals surface area (Å²) in [5.41, 5.74) is -0.585. The third-order valence-corrected chi connectivity index (χ3v) is 1.75.